The molecule has 0 aromatic heterocycles. The number of aliphatic hydroxyl groups is 1. The molecule has 0 aliphatic heterocycles. The van der Waals surface area contributed by atoms with Gasteiger partial charge in [0.1, 0.15) is 0 Å². The molecule has 0 fully saturated rings. The zero-order chi connectivity index (χ0) is 7.82. The van der Waals surface area contributed by atoms with Crippen LogP contribution in [0.3, 0.4) is 0 Å². The van der Waals surface area contributed by atoms with Gasteiger partial charge in [-0.15, -0.1) is 6.42 Å². The van der Waals surface area contributed by atoms with E-state index in [0.29, 0.717) is 6.42 Å². The lowest BCUT2D eigenvalue weighted by Crippen LogP contribution is -1.84. The van der Waals surface area contributed by atoms with Crippen molar-refractivity contribution in [3.05, 3.63) is 23.8 Å². The molecule has 1 heteroatoms. The van der Waals surface area contributed by atoms with Crippen molar-refractivity contribution in [3.63, 3.8) is 0 Å². The molecule has 0 aliphatic carbocycles. The third kappa shape index (κ3) is 3.94. The molecule has 0 saturated heterocycles. The van der Waals surface area contributed by atoms with Crippen LogP contribution in [0.5, 0.6) is 0 Å². The lowest BCUT2D eigenvalue weighted by atomic mass is 10.2. The van der Waals surface area contributed by atoms with Gasteiger partial charge in [-0.1, -0.05) is 18.1 Å². The van der Waals surface area contributed by atoms with E-state index in [1.54, 1.807) is 6.08 Å². The Balaban J connectivity index is 4.01. The second-order valence-corrected chi connectivity index (χ2v) is 1.86. The Kier molecular flexibility index (Phi) is 5.51. The standard InChI is InChI=1S/C9H12O/c1-3-5-9(6-4-2)7-8-10/h1,4-6,10H,7-8H2,2H3/b6-4-,9-5+. The summed E-state index contributed by atoms with van der Waals surface area (Å²) in [6.45, 7) is 2.07. The third-order valence-corrected chi connectivity index (χ3v) is 1.05. The van der Waals surface area contributed by atoms with Gasteiger partial charge in [-0.3, -0.25) is 0 Å². The highest BCUT2D eigenvalue weighted by atomic mass is 16.2. The summed E-state index contributed by atoms with van der Waals surface area (Å²) in [6.07, 6.45) is 11.1. The minimum absolute atomic E-state index is 0.151. The van der Waals surface area contributed by atoms with E-state index in [4.69, 9.17) is 11.5 Å². The molecule has 1 N–H and O–H groups in total. The van der Waals surface area contributed by atoms with E-state index >= 15 is 0 Å². The molecule has 0 bridgehead atoms. The van der Waals surface area contributed by atoms with E-state index < -0.39 is 0 Å². The first kappa shape index (κ1) is 9.00. The van der Waals surface area contributed by atoms with Crippen molar-refractivity contribution >= 4 is 0 Å². The molecule has 0 amide bonds. The molecular formula is C9H12O. The first-order valence-electron chi connectivity index (χ1n) is 3.24. The topological polar surface area (TPSA) is 20.2 Å². The molecule has 0 aliphatic rings. The minimum Gasteiger partial charge on any atom is -0.396 e. The van der Waals surface area contributed by atoms with Crippen molar-refractivity contribution in [1.29, 1.82) is 0 Å². The molecular weight excluding hydrogens is 124 g/mol. The van der Waals surface area contributed by atoms with Crippen molar-refractivity contribution in [1.82, 2.24) is 0 Å². The summed E-state index contributed by atoms with van der Waals surface area (Å²) in [4.78, 5) is 0. The van der Waals surface area contributed by atoms with Crippen LogP contribution in [0, 0.1) is 12.3 Å². The first-order valence-corrected chi connectivity index (χ1v) is 3.24. The normalized spacial score (nSPS) is 11.9. The summed E-state index contributed by atoms with van der Waals surface area (Å²) < 4.78 is 0. The molecule has 0 radical (unpaired) electrons. The van der Waals surface area contributed by atoms with Crippen LogP contribution in [-0.4, -0.2) is 11.7 Å². The molecule has 0 rings (SSSR count). The van der Waals surface area contributed by atoms with E-state index in [0.717, 1.165) is 5.57 Å². The molecule has 1 nitrogen and oxygen atoms in total. The highest BCUT2D eigenvalue weighted by Gasteiger charge is 1.87. The van der Waals surface area contributed by atoms with Crippen molar-refractivity contribution in [2.24, 2.45) is 0 Å². The van der Waals surface area contributed by atoms with Gasteiger partial charge in [0.2, 0.25) is 0 Å². The second kappa shape index (κ2) is 6.12. The largest absolute Gasteiger partial charge is 0.396 e. The van der Waals surface area contributed by atoms with Crippen molar-refractivity contribution in [2.45, 2.75) is 13.3 Å². The van der Waals surface area contributed by atoms with Gasteiger partial charge in [-0.2, -0.15) is 0 Å². The van der Waals surface area contributed by atoms with Crippen LogP contribution in [0.4, 0.5) is 0 Å². The summed E-state index contributed by atoms with van der Waals surface area (Å²) in [5.74, 6) is 2.41. The van der Waals surface area contributed by atoms with Gasteiger partial charge in [0.05, 0.1) is 0 Å². The summed E-state index contributed by atoms with van der Waals surface area (Å²) in [5, 5.41) is 8.55. The van der Waals surface area contributed by atoms with Crippen LogP contribution in [0.1, 0.15) is 13.3 Å². The second-order valence-electron chi connectivity index (χ2n) is 1.86. The Labute approximate surface area is 62.1 Å². The molecule has 0 spiro atoms. The molecule has 0 aromatic carbocycles. The van der Waals surface area contributed by atoms with Gasteiger partial charge in [0.15, 0.2) is 0 Å². The SMILES string of the molecule is C#C/C=C(\C=C/C)CCO. The minimum atomic E-state index is 0.151. The van der Waals surface area contributed by atoms with Gasteiger partial charge in [-0.05, 0) is 25.0 Å². The number of aliphatic hydroxyl groups excluding tert-OH is 1. The van der Waals surface area contributed by atoms with Crippen molar-refractivity contribution in [2.75, 3.05) is 6.61 Å². The zero-order valence-electron chi connectivity index (χ0n) is 6.17. The van der Waals surface area contributed by atoms with Gasteiger partial charge in [-0.25, -0.2) is 0 Å². The summed E-state index contributed by atoms with van der Waals surface area (Å²) in [6, 6.07) is 0. The Morgan fingerprint density at radius 2 is 2.40 bits per heavy atom. The zero-order valence-corrected chi connectivity index (χ0v) is 6.17. The van der Waals surface area contributed by atoms with Gasteiger partial charge < -0.3 is 5.11 Å². The van der Waals surface area contributed by atoms with Crippen LogP contribution >= 0.6 is 0 Å². The van der Waals surface area contributed by atoms with Gasteiger partial charge in [0, 0.05) is 6.61 Å². The number of hydrogen-bond donors (Lipinski definition) is 1. The van der Waals surface area contributed by atoms with Crippen molar-refractivity contribution < 1.29 is 5.11 Å². The lowest BCUT2D eigenvalue weighted by molar-refractivity contribution is 0.300. The van der Waals surface area contributed by atoms with Crippen LogP contribution < -0.4 is 0 Å². The summed E-state index contributed by atoms with van der Waals surface area (Å²) in [5.41, 5.74) is 0.993. The molecule has 0 aromatic rings. The fourth-order valence-electron chi connectivity index (χ4n) is 0.654. The van der Waals surface area contributed by atoms with E-state index in [1.165, 1.54) is 0 Å². The number of hydrogen-bond acceptors (Lipinski definition) is 1. The van der Waals surface area contributed by atoms with Crippen molar-refractivity contribution in [3.8, 4) is 12.3 Å². The molecule has 0 heterocycles. The molecule has 0 saturated carbocycles. The highest BCUT2D eigenvalue weighted by molar-refractivity contribution is 5.26. The van der Waals surface area contributed by atoms with Crippen LogP contribution in [0.2, 0.25) is 0 Å². The van der Waals surface area contributed by atoms with E-state index in [9.17, 15) is 0 Å². The molecule has 10 heavy (non-hydrogen) atoms. The van der Waals surface area contributed by atoms with E-state index in [-0.39, 0.29) is 6.61 Å². The molecule has 0 atom stereocenters. The summed E-state index contributed by atoms with van der Waals surface area (Å²) in [7, 11) is 0. The maximum atomic E-state index is 8.55. The Bertz CT molecular complexity index is 170. The maximum absolute atomic E-state index is 8.55. The number of allylic oxidation sites excluding steroid dienone is 3. The number of rotatable bonds is 3. The average Bonchev–Trinajstić information content (AvgIpc) is 1.90. The summed E-state index contributed by atoms with van der Waals surface area (Å²) >= 11 is 0. The van der Waals surface area contributed by atoms with E-state index in [1.807, 2.05) is 19.1 Å². The highest BCUT2D eigenvalue weighted by Crippen LogP contribution is 2.00. The monoisotopic (exact) mass is 136 g/mol. The Morgan fingerprint density at radius 1 is 1.70 bits per heavy atom. The predicted molar refractivity (Wildman–Crippen MR) is 43.4 cm³/mol. The van der Waals surface area contributed by atoms with Crippen LogP contribution in [0.15, 0.2) is 23.8 Å². The average molecular weight is 136 g/mol. The predicted octanol–water partition coefficient (Wildman–Crippen LogP) is 1.50. The van der Waals surface area contributed by atoms with Crippen LogP contribution in [0.25, 0.3) is 0 Å². The molecule has 54 valence electrons. The Hall–Kier alpha value is -1.00. The van der Waals surface area contributed by atoms with Gasteiger partial charge >= 0.3 is 0 Å². The fourth-order valence-corrected chi connectivity index (χ4v) is 0.654. The van der Waals surface area contributed by atoms with Crippen LogP contribution in [-0.2, 0) is 0 Å². The maximum Gasteiger partial charge on any atom is 0.0471 e. The quantitative estimate of drug-likeness (QED) is 0.460. The third-order valence-electron chi connectivity index (χ3n) is 1.05. The molecule has 0 unspecified atom stereocenters. The van der Waals surface area contributed by atoms with Gasteiger partial charge in [0.25, 0.3) is 0 Å². The van der Waals surface area contributed by atoms with E-state index in [2.05, 4.69) is 5.92 Å². The number of terminal acetylenes is 1. The Morgan fingerprint density at radius 3 is 2.80 bits per heavy atom. The smallest absolute Gasteiger partial charge is 0.0471 e. The lowest BCUT2D eigenvalue weighted by Gasteiger charge is -1.93. The first-order chi connectivity index (χ1) is 4.85. The fraction of sp³-hybridized carbons (Fsp3) is 0.333.